The molecule has 7 heteroatoms. The fourth-order valence-electron chi connectivity index (χ4n) is 3.33. The molecule has 2 aliphatic rings. The van der Waals surface area contributed by atoms with E-state index in [2.05, 4.69) is 10.6 Å². The predicted molar refractivity (Wildman–Crippen MR) is 83.9 cm³/mol. The molecule has 0 bridgehead atoms. The lowest BCUT2D eigenvalue weighted by Crippen LogP contribution is -2.62. The van der Waals surface area contributed by atoms with Crippen molar-refractivity contribution in [2.24, 2.45) is 5.92 Å². The van der Waals surface area contributed by atoms with E-state index in [0.29, 0.717) is 25.1 Å². The first-order valence-electron chi connectivity index (χ1n) is 8.15. The van der Waals surface area contributed by atoms with Gasteiger partial charge in [0, 0.05) is 19.1 Å². The van der Waals surface area contributed by atoms with E-state index < -0.39 is 23.7 Å². The van der Waals surface area contributed by atoms with Crippen LogP contribution in [-0.2, 0) is 16.1 Å². The van der Waals surface area contributed by atoms with Crippen molar-refractivity contribution < 1.29 is 18.4 Å². The molecular weight excluding hydrogens is 316 g/mol. The number of nitrogens with one attached hydrogen (secondary N) is 2. The zero-order valence-electron chi connectivity index (χ0n) is 13.7. The number of amides is 2. The maximum absolute atomic E-state index is 13.2. The molecular formula is C17H21F2N3O2. The summed E-state index contributed by atoms with van der Waals surface area (Å²) in [7, 11) is 0. The Labute approximate surface area is 139 Å². The van der Waals surface area contributed by atoms with Crippen LogP contribution in [-0.4, -0.2) is 41.4 Å². The second-order valence-corrected chi connectivity index (χ2v) is 6.80. The molecule has 5 nitrogen and oxygen atoms in total. The van der Waals surface area contributed by atoms with Crippen LogP contribution >= 0.6 is 0 Å². The Balaban J connectivity index is 1.63. The minimum Gasteiger partial charge on any atom is -0.342 e. The Morgan fingerprint density at radius 1 is 1.29 bits per heavy atom. The largest absolute Gasteiger partial charge is 0.342 e. The van der Waals surface area contributed by atoms with Crippen LogP contribution in [0.4, 0.5) is 8.78 Å². The number of fused-ring (bicyclic) bond motifs is 1. The predicted octanol–water partition coefficient (Wildman–Crippen LogP) is 1.18. The molecule has 0 aliphatic carbocycles. The van der Waals surface area contributed by atoms with Crippen LogP contribution in [0.2, 0.25) is 0 Å². The Hall–Kier alpha value is -2.02. The lowest BCUT2D eigenvalue weighted by Gasteiger charge is -2.36. The van der Waals surface area contributed by atoms with Gasteiger partial charge in [-0.2, -0.15) is 0 Å². The van der Waals surface area contributed by atoms with Crippen LogP contribution in [0.1, 0.15) is 25.8 Å². The summed E-state index contributed by atoms with van der Waals surface area (Å²) >= 11 is 0. The molecule has 0 aromatic heterocycles. The summed E-state index contributed by atoms with van der Waals surface area (Å²) in [6.07, 6.45) is 0.520. The molecule has 3 rings (SSSR count). The van der Waals surface area contributed by atoms with Gasteiger partial charge in [-0.05, 0) is 30.0 Å². The lowest BCUT2D eigenvalue weighted by atomic mass is 9.98. The number of benzene rings is 1. The van der Waals surface area contributed by atoms with Crippen molar-refractivity contribution in [1.29, 1.82) is 0 Å². The summed E-state index contributed by atoms with van der Waals surface area (Å²) in [6, 6.07) is 2.78. The summed E-state index contributed by atoms with van der Waals surface area (Å²) < 4.78 is 26.2. The average Bonchev–Trinajstić information content (AvgIpc) is 2.97. The van der Waals surface area contributed by atoms with E-state index in [9.17, 15) is 18.4 Å². The minimum absolute atomic E-state index is 0.0385. The molecule has 1 aromatic carbocycles. The number of hydrogen-bond donors (Lipinski definition) is 2. The van der Waals surface area contributed by atoms with Crippen molar-refractivity contribution >= 4 is 11.8 Å². The molecule has 2 aliphatic heterocycles. The van der Waals surface area contributed by atoms with Gasteiger partial charge in [-0.15, -0.1) is 0 Å². The van der Waals surface area contributed by atoms with E-state index >= 15 is 0 Å². The Morgan fingerprint density at radius 2 is 2.04 bits per heavy atom. The second-order valence-electron chi connectivity index (χ2n) is 6.80. The van der Waals surface area contributed by atoms with Crippen molar-refractivity contribution in [1.82, 2.24) is 15.5 Å². The van der Waals surface area contributed by atoms with Gasteiger partial charge in [0.15, 0.2) is 11.6 Å². The van der Waals surface area contributed by atoms with Gasteiger partial charge in [-0.3, -0.25) is 9.59 Å². The molecule has 0 unspecified atom stereocenters. The third-order valence-corrected chi connectivity index (χ3v) is 4.70. The van der Waals surface area contributed by atoms with Gasteiger partial charge >= 0.3 is 0 Å². The first kappa shape index (κ1) is 16.8. The highest BCUT2D eigenvalue weighted by Crippen LogP contribution is 2.25. The van der Waals surface area contributed by atoms with Crippen molar-refractivity contribution in [3.05, 3.63) is 35.4 Å². The third kappa shape index (κ3) is 3.13. The van der Waals surface area contributed by atoms with Gasteiger partial charge in [0.2, 0.25) is 11.8 Å². The summed E-state index contributed by atoms with van der Waals surface area (Å²) in [5, 5.41) is 6.02. The molecule has 3 atom stereocenters. The maximum atomic E-state index is 13.2. The van der Waals surface area contributed by atoms with E-state index in [0.717, 1.165) is 12.1 Å². The van der Waals surface area contributed by atoms with E-state index in [1.165, 1.54) is 6.07 Å². The number of hydrogen-bond acceptors (Lipinski definition) is 3. The van der Waals surface area contributed by atoms with Crippen LogP contribution in [0.3, 0.4) is 0 Å². The molecule has 0 spiro atoms. The molecule has 0 saturated carbocycles. The quantitative estimate of drug-likeness (QED) is 0.867. The smallest absolute Gasteiger partial charge is 0.246 e. The van der Waals surface area contributed by atoms with Gasteiger partial charge in [0.25, 0.3) is 0 Å². The molecule has 2 N–H and O–H groups in total. The first-order valence-corrected chi connectivity index (χ1v) is 8.15. The van der Waals surface area contributed by atoms with Crippen LogP contribution < -0.4 is 10.6 Å². The molecule has 2 amide bonds. The number of carbonyl (C=O) groups excluding carboxylic acids is 2. The summed E-state index contributed by atoms with van der Waals surface area (Å²) in [5.74, 6) is -1.89. The topological polar surface area (TPSA) is 61.4 Å². The summed E-state index contributed by atoms with van der Waals surface area (Å²) in [4.78, 5) is 26.3. The second kappa shape index (κ2) is 6.47. The van der Waals surface area contributed by atoms with Gasteiger partial charge < -0.3 is 15.5 Å². The first-order chi connectivity index (χ1) is 11.4. The number of piperazine rings is 1. The highest BCUT2D eigenvalue weighted by molar-refractivity contribution is 5.97. The highest BCUT2D eigenvalue weighted by atomic mass is 19.2. The van der Waals surface area contributed by atoms with Gasteiger partial charge in [0.1, 0.15) is 12.1 Å². The average molecular weight is 337 g/mol. The standard InChI is InChI=1S/C17H21F2N3O2/c1-9(2)15-17(24)22-8-11(6-14(22)16(23)21-15)20-7-10-3-4-12(18)13(19)5-10/h3-5,9,11,14-15,20H,6-8H2,1-2H3,(H,21,23)/t11-,14-,15+/m0/s1. The van der Waals surface area contributed by atoms with Gasteiger partial charge in [-0.25, -0.2) is 8.78 Å². The summed E-state index contributed by atoms with van der Waals surface area (Å²) in [5.41, 5.74) is 0.620. The molecule has 2 heterocycles. The van der Waals surface area contributed by atoms with Crippen LogP contribution in [0.15, 0.2) is 18.2 Å². The number of nitrogens with zero attached hydrogens (tertiary/aromatic N) is 1. The maximum Gasteiger partial charge on any atom is 0.246 e. The highest BCUT2D eigenvalue weighted by Gasteiger charge is 2.46. The van der Waals surface area contributed by atoms with E-state index in [1.807, 2.05) is 13.8 Å². The Kier molecular flexibility index (Phi) is 4.54. The van der Waals surface area contributed by atoms with Crippen molar-refractivity contribution in [3.63, 3.8) is 0 Å². The van der Waals surface area contributed by atoms with Crippen molar-refractivity contribution in [3.8, 4) is 0 Å². The molecule has 1 aromatic rings. The zero-order valence-corrected chi connectivity index (χ0v) is 13.7. The third-order valence-electron chi connectivity index (χ3n) is 4.70. The fourth-order valence-corrected chi connectivity index (χ4v) is 3.33. The SMILES string of the molecule is CC(C)[C@H]1NC(=O)[C@@H]2C[C@H](NCc3ccc(F)c(F)c3)CN2C1=O. The van der Waals surface area contributed by atoms with Crippen LogP contribution in [0.25, 0.3) is 0 Å². The Morgan fingerprint density at radius 3 is 2.71 bits per heavy atom. The molecule has 0 radical (unpaired) electrons. The van der Waals surface area contributed by atoms with Crippen LogP contribution in [0, 0.1) is 17.6 Å². The van der Waals surface area contributed by atoms with E-state index in [4.69, 9.17) is 0 Å². The van der Waals surface area contributed by atoms with Crippen molar-refractivity contribution in [2.75, 3.05) is 6.54 Å². The number of halogens is 2. The lowest BCUT2D eigenvalue weighted by molar-refractivity contribution is -0.148. The molecule has 2 fully saturated rings. The van der Waals surface area contributed by atoms with E-state index in [-0.39, 0.29) is 23.8 Å². The molecule has 24 heavy (non-hydrogen) atoms. The monoisotopic (exact) mass is 337 g/mol. The summed E-state index contributed by atoms with van der Waals surface area (Å²) in [6.45, 7) is 4.60. The normalized spacial score (nSPS) is 26.7. The molecule has 2 saturated heterocycles. The van der Waals surface area contributed by atoms with Crippen molar-refractivity contribution in [2.45, 2.75) is 44.9 Å². The molecule has 130 valence electrons. The fraction of sp³-hybridized carbons (Fsp3) is 0.529. The van der Waals surface area contributed by atoms with Crippen LogP contribution in [0.5, 0.6) is 0 Å². The Bertz CT molecular complexity index is 665. The number of carbonyl (C=O) groups is 2. The van der Waals surface area contributed by atoms with E-state index in [1.54, 1.807) is 4.90 Å². The zero-order chi connectivity index (χ0) is 17.4. The van der Waals surface area contributed by atoms with Gasteiger partial charge in [0.05, 0.1) is 0 Å². The minimum atomic E-state index is -0.882. The number of rotatable bonds is 4. The van der Waals surface area contributed by atoms with Gasteiger partial charge in [-0.1, -0.05) is 19.9 Å².